The van der Waals surface area contributed by atoms with Gasteiger partial charge in [0.15, 0.2) is 5.16 Å². The molecule has 3 N–H and O–H groups in total. The summed E-state index contributed by atoms with van der Waals surface area (Å²) in [6.07, 6.45) is 2.40. The lowest BCUT2D eigenvalue weighted by molar-refractivity contribution is 0.100. The molecule has 0 saturated heterocycles. The van der Waals surface area contributed by atoms with E-state index in [-0.39, 0.29) is 0 Å². The van der Waals surface area contributed by atoms with Gasteiger partial charge < -0.3 is 11.1 Å². The first-order chi connectivity index (χ1) is 12.2. The number of hydrogen-bond donors (Lipinski definition) is 2. The van der Waals surface area contributed by atoms with Crippen molar-refractivity contribution in [2.75, 3.05) is 5.32 Å². The molecule has 1 fully saturated rings. The highest BCUT2D eigenvalue weighted by atomic mass is 32.2. The number of para-hydroxylation sites is 1. The van der Waals surface area contributed by atoms with E-state index in [0.717, 1.165) is 33.2 Å². The van der Waals surface area contributed by atoms with Gasteiger partial charge in [-0.1, -0.05) is 36.0 Å². The second-order valence-electron chi connectivity index (χ2n) is 6.14. The lowest BCUT2D eigenvalue weighted by atomic mass is 10.1. The van der Waals surface area contributed by atoms with Crippen molar-refractivity contribution < 1.29 is 4.79 Å². The Balaban J connectivity index is 1.55. The van der Waals surface area contributed by atoms with Crippen molar-refractivity contribution in [2.24, 2.45) is 5.73 Å². The molecule has 0 unspecified atom stereocenters. The van der Waals surface area contributed by atoms with Crippen LogP contribution < -0.4 is 11.1 Å². The summed E-state index contributed by atoms with van der Waals surface area (Å²) in [5.41, 5.74) is 7.84. The van der Waals surface area contributed by atoms with Gasteiger partial charge in [0.25, 0.3) is 0 Å². The van der Waals surface area contributed by atoms with Gasteiger partial charge in [0.05, 0.1) is 5.52 Å². The van der Waals surface area contributed by atoms with E-state index in [9.17, 15) is 4.79 Å². The molecule has 0 atom stereocenters. The van der Waals surface area contributed by atoms with Gasteiger partial charge in [0, 0.05) is 22.7 Å². The van der Waals surface area contributed by atoms with Gasteiger partial charge in [-0.05, 0) is 42.7 Å². The molecular weight excluding hydrogens is 332 g/mol. The molecule has 3 aromatic rings. The zero-order valence-electron chi connectivity index (χ0n) is 13.6. The molecule has 126 valence electrons. The zero-order chi connectivity index (χ0) is 17.2. The summed E-state index contributed by atoms with van der Waals surface area (Å²) in [6.45, 7) is 0. The number of nitrogens with two attached hydrogens (primary N) is 1. The number of amides is 1. The van der Waals surface area contributed by atoms with Crippen LogP contribution in [0, 0.1) is 0 Å². The summed E-state index contributed by atoms with van der Waals surface area (Å²) in [4.78, 5) is 20.5. The largest absolute Gasteiger partial charge is 0.367 e. The molecule has 0 bridgehead atoms. The van der Waals surface area contributed by atoms with Crippen molar-refractivity contribution in [2.45, 2.75) is 29.8 Å². The van der Waals surface area contributed by atoms with E-state index in [0.29, 0.717) is 11.6 Å². The topological polar surface area (TPSA) is 80.9 Å². The van der Waals surface area contributed by atoms with E-state index in [1.165, 1.54) is 12.8 Å². The third-order valence-corrected chi connectivity index (χ3v) is 5.03. The first kappa shape index (κ1) is 15.9. The summed E-state index contributed by atoms with van der Waals surface area (Å²) < 4.78 is 0. The molecule has 2 aromatic carbocycles. The number of rotatable bonds is 6. The highest BCUT2D eigenvalue weighted by molar-refractivity contribution is 7.98. The van der Waals surface area contributed by atoms with Gasteiger partial charge in [-0.3, -0.25) is 4.79 Å². The lowest BCUT2D eigenvalue weighted by Crippen LogP contribution is -2.10. The minimum atomic E-state index is -0.409. The highest BCUT2D eigenvalue weighted by Crippen LogP contribution is 2.30. The molecule has 1 aromatic heterocycles. The Kier molecular flexibility index (Phi) is 4.28. The van der Waals surface area contributed by atoms with E-state index in [2.05, 4.69) is 16.4 Å². The second-order valence-corrected chi connectivity index (χ2v) is 7.08. The first-order valence-electron chi connectivity index (χ1n) is 8.24. The van der Waals surface area contributed by atoms with Gasteiger partial charge in [-0.15, -0.1) is 0 Å². The van der Waals surface area contributed by atoms with Gasteiger partial charge in [0.2, 0.25) is 5.91 Å². The number of benzene rings is 2. The van der Waals surface area contributed by atoms with Gasteiger partial charge >= 0.3 is 0 Å². The fraction of sp³-hybridized carbons (Fsp3) is 0.211. The predicted octanol–water partition coefficient (Wildman–Crippen LogP) is 3.60. The average Bonchev–Trinajstić information content (AvgIpc) is 3.44. The average molecular weight is 350 g/mol. The third-order valence-electron chi connectivity index (χ3n) is 4.11. The normalized spacial score (nSPS) is 13.8. The number of nitrogens with zero attached hydrogens (tertiary/aromatic N) is 2. The van der Waals surface area contributed by atoms with Crippen molar-refractivity contribution in [3.05, 3.63) is 59.7 Å². The van der Waals surface area contributed by atoms with E-state index in [1.807, 2.05) is 30.3 Å². The molecule has 5 nitrogen and oxygen atoms in total. The number of hydrogen-bond acceptors (Lipinski definition) is 5. The Labute approximate surface area is 150 Å². The molecule has 1 amide bonds. The molecule has 0 radical (unpaired) electrons. The molecule has 1 saturated carbocycles. The Bertz CT molecular complexity index is 922. The van der Waals surface area contributed by atoms with Gasteiger partial charge in [-0.25, -0.2) is 9.97 Å². The number of primary amides is 1. The van der Waals surface area contributed by atoms with Crippen LogP contribution in [0.25, 0.3) is 10.9 Å². The van der Waals surface area contributed by atoms with Crippen molar-refractivity contribution in [3.8, 4) is 0 Å². The summed E-state index contributed by atoms with van der Waals surface area (Å²) in [6, 6.07) is 15.9. The van der Waals surface area contributed by atoms with Crippen molar-refractivity contribution in [1.82, 2.24) is 9.97 Å². The number of carbonyl (C=O) groups is 1. The molecule has 4 rings (SSSR count). The van der Waals surface area contributed by atoms with Crippen LogP contribution in [0.4, 0.5) is 5.82 Å². The van der Waals surface area contributed by atoms with Crippen LogP contribution in [0.5, 0.6) is 0 Å². The number of carbonyl (C=O) groups excluding carboxylic acids is 1. The number of aromatic nitrogens is 2. The fourth-order valence-electron chi connectivity index (χ4n) is 2.56. The minimum absolute atomic E-state index is 0.409. The maximum absolute atomic E-state index is 11.1. The highest BCUT2D eigenvalue weighted by Gasteiger charge is 2.22. The lowest BCUT2D eigenvalue weighted by Gasteiger charge is -2.10. The molecule has 1 aliphatic rings. The van der Waals surface area contributed by atoms with Crippen LogP contribution in [0.15, 0.2) is 53.7 Å². The Morgan fingerprint density at radius 3 is 2.60 bits per heavy atom. The third kappa shape index (κ3) is 3.74. The SMILES string of the molecule is NC(=O)c1ccc(CSc2nc(NC3CC3)c3ccccc3n2)cc1. The predicted molar refractivity (Wildman–Crippen MR) is 101 cm³/mol. The van der Waals surface area contributed by atoms with Crippen molar-refractivity contribution >= 4 is 34.4 Å². The number of anilines is 1. The Hall–Kier alpha value is -2.60. The van der Waals surface area contributed by atoms with Gasteiger partial charge in [-0.2, -0.15) is 0 Å². The summed E-state index contributed by atoms with van der Waals surface area (Å²) in [5, 5.41) is 5.31. The maximum Gasteiger partial charge on any atom is 0.248 e. The molecule has 0 spiro atoms. The standard InChI is InChI=1S/C19H18N4OS/c20-17(24)13-7-5-12(6-8-13)11-25-19-22-16-4-2-1-3-15(16)18(23-19)21-14-9-10-14/h1-8,14H,9-11H2,(H2,20,24)(H,21,22,23). The summed E-state index contributed by atoms with van der Waals surface area (Å²) in [5.74, 6) is 1.24. The van der Waals surface area contributed by atoms with Gasteiger partial charge in [0.1, 0.15) is 5.82 Å². The summed E-state index contributed by atoms with van der Waals surface area (Å²) in [7, 11) is 0. The van der Waals surface area contributed by atoms with Crippen LogP contribution in [0.3, 0.4) is 0 Å². The Morgan fingerprint density at radius 2 is 1.88 bits per heavy atom. The smallest absolute Gasteiger partial charge is 0.248 e. The molecule has 1 aliphatic carbocycles. The molecular formula is C19H18N4OS. The van der Waals surface area contributed by atoms with E-state index >= 15 is 0 Å². The van der Waals surface area contributed by atoms with Crippen molar-refractivity contribution in [1.29, 1.82) is 0 Å². The maximum atomic E-state index is 11.1. The van der Waals surface area contributed by atoms with E-state index in [1.54, 1.807) is 23.9 Å². The quantitative estimate of drug-likeness (QED) is 0.524. The molecule has 0 aliphatic heterocycles. The van der Waals surface area contributed by atoms with Crippen LogP contribution in [-0.4, -0.2) is 21.9 Å². The number of thioether (sulfide) groups is 1. The summed E-state index contributed by atoms with van der Waals surface area (Å²) >= 11 is 1.59. The van der Waals surface area contributed by atoms with Crippen LogP contribution >= 0.6 is 11.8 Å². The monoisotopic (exact) mass is 350 g/mol. The molecule has 1 heterocycles. The second kappa shape index (κ2) is 6.72. The molecule has 25 heavy (non-hydrogen) atoms. The number of fused-ring (bicyclic) bond motifs is 1. The molecule has 6 heteroatoms. The van der Waals surface area contributed by atoms with Crippen LogP contribution in [0.1, 0.15) is 28.8 Å². The Morgan fingerprint density at radius 1 is 1.12 bits per heavy atom. The fourth-order valence-corrected chi connectivity index (χ4v) is 3.37. The number of nitrogens with one attached hydrogen (secondary N) is 1. The van der Waals surface area contributed by atoms with Crippen LogP contribution in [0.2, 0.25) is 0 Å². The van der Waals surface area contributed by atoms with E-state index < -0.39 is 5.91 Å². The minimum Gasteiger partial charge on any atom is -0.367 e. The van der Waals surface area contributed by atoms with E-state index in [4.69, 9.17) is 10.7 Å². The van der Waals surface area contributed by atoms with Crippen LogP contribution in [-0.2, 0) is 5.75 Å². The first-order valence-corrected chi connectivity index (χ1v) is 9.22. The van der Waals surface area contributed by atoms with Crippen molar-refractivity contribution in [3.63, 3.8) is 0 Å². The zero-order valence-corrected chi connectivity index (χ0v) is 14.4.